The second-order valence-corrected chi connectivity index (χ2v) is 5.13. The molecule has 3 rings (SSSR count). The van der Waals surface area contributed by atoms with Gasteiger partial charge in [-0.15, -0.1) is 0 Å². The van der Waals surface area contributed by atoms with Crippen LogP contribution in [0.2, 0.25) is 0 Å². The first kappa shape index (κ1) is 9.44. The lowest BCUT2D eigenvalue weighted by Crippen LogP contribution is -2.24. The van der Waals surface area contributed by atoms with Gasteiger partial charge >= 0.3 is 0 Å². The molecule has 1 aliphatic heterocycles. The molecule has 0 aromatic carbocycles. The van der Waals surface area contributed by atoms with Crippen LogP contribution in [0.15, 0.2) is 12.4 Å². The number of aromatic nitrogens is 2. The molecule has 1 aromatic heterocycles. The van der Waals surface area contributed by atoms with Gasteiger partial charge in [0.2, 0.25) is 0 Å². The molecule has 0 N–H and O–H groups in total. The third-order valence-corrected chi connectivity index (χ3v) is 4.21. The summed E-state index contributed by atoms with van der Waals surface area (Å²) in [6.45, 7) is 1.19. The lowest BCUT2D eigenvalue weighted by atomic mass is 9.76. The van der Waals surface area contributed by atoms with Gasteiger partial charge in [-0.05, 0) is 31.6 Å². The maximum Gasteiger partial charge on any atom is 0.112 e. The highest BCUT2D eigenvalue weighted by molar-refractivity contribution is 5.05. The predicted molar refractivity (Wildman–Crippen MR) is 60.8 cm³/mol. The molecule has 0 saturated heterocycles. The molecule has 2 heterocycles. The van der Waals surface area contributed by atoms with Gasteiger partial charge in [0.25, 0.3) is 0 Å². The number of imidazole rings is 1. The molecule has 1 fully saturated rings. The Labute approximate surface area is 91.7 Å². The van der Waals surface area contributed by atoms with Crippen LogP contribution in [-0.4, -0.2) is 9.55 Å². The molecule has 1 aliphatic carbocycles. The van der Waals surface area contributed by atoms with E-state index in [0.717, 1.165) is 11.8 Å². The van der Waals surface area contributed by atoms with Crippen molar-refractivity contribution in [1.82, 2.24) is 9.55 Å². The Hall–Kier alpha value is -0.790. The van der Waals surface area contributed by atoms with Crippen LogP contribution in [0, 0.1) is 5.92 Å². The minimum Gasteiger partial charge on any atom is -0.335 e. The smallest absolute Gasteiger partial charge is 0.112 e. The molecule has 0 radical (unpaired) electrons. The van der Waals surface area contributed by atoms with Gasteiger partial charge in [-0.3, -0.25) is 0 Å². The topological polar surface area (TPSA) is 17.8 Å². The van der Waals surface area contributed by atoms with E-state index in [1.54, 1.807) is 0 Å². The van der Waals surface area contributed by atoms with Gasteiger partial charge in [0.05, 0.1) is 0 Å². The van der Waals surface area contributed by atoms with E-state index in [1.807, 2.05) is 6.20 Å². The van der Waals surface area contributed by atoms with Crippen molar-refractivity contribution < 1.29 is 0 Å². The Balaban J connectivity index is 1.82. The first-order valence-corrected chi connectivity index (χ1v) is 6.46. The monoisotopic (exact) mass is 204 g/mol. The second kappa shape index (κ2) is 3.99. The number of fused-ring (bicyclic) bond motifs is 1. The van der Waals surface area contributed by atoms with Crippen molar-refractivity contribution in [3.05, 3.63) is 18.2 Å². The number of hydrogen-bond donors (Lipinski definition) is 0. The Morgan fingerprint density at radius 3 is 2.80 bits per heavy atom. The fourth-order valence-electron chi connectivity index (χ4n) is 3.43. The molecule has 1 atom stereocenters. The standard InChI is InChI=1S/C13H20N2/c1-2-5-11(6-3-1)12-7-4-9-15-10-8-14-13(12)15/h8,10-12H,1-7,9H2/t12-/m0/s1. The van der Waals surface area contributed by atoms with Gasteiger partial charge in [0.1, 0.15) is 5.82 Å². The summed E-state index contributed by atoms with van der Waals surface area (Å²) >= 11 is 0. The number of hydrogen-bond acceptors (Lipinski definition) is 1. The van der Waals surface area contributed by atoms with Crippen LogP contribution < -0.4 is 0 Å². The third-order valence-electron chi connectivity index (χ3n) is 4.21. The van der Waals surface area contributed by atoms with E-state index in [-0.39, 0.29) is 0 Å². The summed E-state index contributed by atoms with van der Waals surface area (Å²) in [5.74, 6) is 3.09. The molecule has 0 unspecified atom stereocenters. The van der Waals surface area contributed by atoms with Crippen LogP contribution in [-0.2, 0) is 6.54 Å². The molecular weight excluding hydrogens is 184 g/mol. The van der Waals surface area contributed by atoms with Crippen molar-refractivity contribution >= 4 is 0 Å². The molecule has 15 heavy (non-hydrogen) atoms. The largest absolute Gasteiger partial charge is 0.335 e. The Kier molecular flexibility index (Phi) is 2.51. The Morgan fingerprint density at radius 1 is 1.07 bits per heavy atom. The van der Waals surface area contributed by atoms with Crippen molar-refractivity contribution in [2.24, 2.45) is 5.92 Å². The Morgan fingerprint density at radius 2 is 1.93 bits per heavy atom. The van der Waals surface area contributed by atoms with Crippen LogP contribution >= 0.6 is 0 Å². The van der Waals surface area contributed by atoms with Crippen LogP contribution in [0.1, 0.15) is 56.7 Å². The summed E-state index contributed by atoms with van der Waals surface area (Å²) in [6.07, 6.45) is 14.1. The zero-order valence-corrected chi connectivity index (χ0v) is 9.36. The quantitative estimate of drug-likeness (QED) is 0.686. The zero-order chi connectivity index (χ0) is 10.1. The van der Waals surface area contributed by atoms with E-state index in [9.17, 15) is 0 Å². The third kappa shape index (κ3) is 1.70. The van der Waals surface area contributed by atoms with Gasteiger partial charge in [-0.25, -0.2) is 4.98 Å². The van der Waals surface area contributed by atoms with Crippen molar-refractivity contribution in [1.29, 1.82) is 0 Å². The highest BCUT2D eigenvalue weighted by Crippen LogP contribution is 2.40. The summed E-state index contributed by atoms with van der Waals surface area (Å²) in [4.78, 5) is 4.58. The molecule has 0 amide bonds. The molecule has 0 spiro atoms. The van der Waals surface area contributed by atoms with Crippen molar-refractivity contribution in [3.8, 4) is 0 Å². The van der Waals surface area contributed by atoms with Crippen LogP contribution in [0.4, 0.5) is 0 Å². The van der Waals surface area contributed by atoms with Gasteiger partial charge in [-0.2, -0.15) is 0 Å². The maximum atomic E-state index is 4.58. The lowest BCUT2D eigenvalue weighted by molar-refractivity contribution is 0.260. The minimum atomic E-state index is 0.772. The molecule has 1 aromatic rings. The summed E-state index contributed by atoms with van der Waals surface area (Å²) in [5, 5.41) is 0. The maximum absolute atomic E-state index is 4.58. The molecule has 82 valence electrons. The average Bonchev–Trinajstić information content (AvgIpc) is 2.78. The fourth-order valence-corrected chi connectivity index (χ4v) is 3.43. The molecule has 2 aliphatic rings. The van der Waals surface area contributed by atoms with E-state index < -0.39 is 0 Å². The van der Waals surface area contributed by atoms with Crippen LogP contribution in [0.25, 0.3) is 0 Å². The van der Waals surface area contributed by atoms with Gasteiger partial charge in [-0.1, -0.05) is 19.3 Å². The second-order valence-electron chi connectivity index (χ2n) is 5.13. The van der Waals surface area contributed by atoms with Gasteiger partial charge in [0, 0.05) is 24.9 Å². The number of nitrogens with zero attached hydrogens (tertiary/aromatic N) is 2. The first-order chi connectivity index (χ1) is 7.45. The number of aryl methyl sites for hydroxylation is 1. The highest BCUT2D eigenvalue weighted by atomic mass is 15.1. The lowest BCUT2D eigenvalue weighted by Gasteiger charge is -2.33. The van der Waals surface area contributed by atoms with E-state index in [2.05, 4.69) is 15.7 Å². The summed E-state index contributed by atoms with van der Waals surface area (Å²) < 4.78 is 2.38. The molecule has 2 nitrogen and oxygen atoms in total. The zero-order valence-electron chi connectivity index (χ0n) is 9.36. The molecular formula is C13H20N2. The summed E-state index contributed by atoms with van der Waals surface area (Å²) in [7, 11) is 0. The van der Waals surface area contributed by atoms with E-state index in [1.165, 1.54) is 57.3 Å². The van der Waals surface area contributed by atoms with Crippen molar-refractivity contribution in [3.63, 3.8) is 0 Å². The van der Waals surface area contributed by atoms with Crippen LogP contribution in [0.5, 0.6) is 0 Å². The van der Waals surface area contributed by atoms with E-state index in [4.69, 9.17) is 0 Å². The Bertz CT molecular complexity index is 323. The first-order valence-electron chi connectivity index (χ1n) is 6.46. The summed E-state index contributed by atoms with van der Waals surface area (Å²) in [6, 6.07) is 0. The summed E-state index contributed by atoms with van der Waals surface area (Å²) in [5.41, 5.74) is 0. The minimum absolute atomic E-state index is 0.772. The highest BCUT2D eigenvalue weighted by Gasteiger charge is 2.29. The average molecular weight is 204 g/mol. The van der Waals surface area contributed by atoms with Gasteiger partial charge in [0.15, 0.2) is 0 Å². The van der Waals surface area contributed by atoms with E-state index >= 15 is 0 Å². The van der Waals surface area contributed by atoms with Crippen molar-refractivity contribution in [2.45, 2.75) is 57.4 Å². The van der Waals surface area contributed by atoms with Gasteiger partial charge < -0.3 is 4.57 Å². The number of rotatable bonds is 1. The fraction of sp³-hybridized carbons (Fsp3) is 0.769. The predicted octanol–water partition coefficient (Wildman–Crippen LogP) is 3.34. The molecule has 2 heteroatoms. The SMILES string of the molecule is c1cn2c(n1)[C@H](C1CCCCC1)CCC2. The molecule has 0 bridgehead atoms. The van der Waals surface area contributed by atoms with Crippen LogP contribution in [0.3, 0.4) is 0 Å². The molecule has 1 saturated carbocycles. The van der Waals surface area contributed by atoms with E-state index in [0.29, 0.717) is 0 Å². The normalized spacial score (nSPS) is 27.6. The van der Waals surface area contributed by atoms with Crippen molar-refractivity contribution in [2.75, 3.05) is 0 Å².